The van der Waals surface area contributed by atoms with Gasteiger partial charge in [-0.15, -0.1) is 11.3 Å². The number of likely N-dealkylation sites (tertiary alicyclic amines) is 1. The number of aromatic nitrogens is 1. The third kappa shape index (κ3) is 3.23. The molecule has 2 heterocycles. The van der Waals surface area contributed by atoms with Gasteiger partial charge in [0, 0.05) is 10.9 Å². The van der Waals surface area contributed by atoms with Gasteiger partial charge in [-0.2, -0.15) is 0 Å². The molecule has 0 radical (unpaired) electrons. The molecule has 0 aliphatic carbocycles. The van der Waals surface area contributed by atoms with Crippen LogP contribution in [0.25, 0.3) is 11.3 Å². The monoisotopic (exact) mass is 287 g/mol. The lowest BCUT2D eigenvalue weighted by molar-refractivity contribution is -0.117. The number of thiazole rings is 1. The van der Waals surface area contributed by atoms with Crippen LogP contribution in [0.5, 0.6) is 0 Å². The van der Waals surface area contributed by atoms with Gasteiger partial charge in [0.05, 0.1) is 12.2 Å². The normalized spacial score (nSPS) is 15.4. The van der Waals surface area contributed by atoms with Crippen molar-refractivity contribution in [2.24, 2.45) is 0 Å². The summed E-state index contributed by atoms with van der Waals surface area (Å²) in [7, 11) is 0. The lowest BCUT2D eigenvalue weighted by Gasteiger charge is -2.12. The first kappa shape index (κ1) is 13.3. The summed E-state index contributed by atoms with van der Waals surface area (Å²) in [6.07, 6.45) is 2.39. The van der Waals surface area contributed by atoms with Gasteiger partial charge in [0.2, 0.25) is 5.91 Å². The summed E-state index contributed by atoms with van der Waals surface area (Å²) in [6, 6.07) is 9.99. The number of carbonyl (C=O) groups is 1. The van der Waals surface area contributed by atoms with Gasteiger partial charge in [-0.25, -0.2) is 4.98 Å². The van der Waals surface area contributed by atoms with E-state index in [9.17, 15) is 4.79 Å². The van der Waals surface area contributed by atoms with Gasteiger partial charge in [-0.3, -0.25) is 9.69 Å². The van der Waals surface area contributed by atoms with Gasteiger partial charge in [0.1, 0.15) is 0 Å². The molecule has 3 rings (SSSR count). The minimum absolute atomic E-state index is 0.0286. The SMILES string of the molecule is O=C(CN1CCCC1)Nc1nc(-c2ccccc2)cs1. The van der Waals surface area contributed by atoms with Gasteiger partial charge in [0.25, 0.3) is 0 Å². The molecule has 1 aliphatic rings. The van der Waals surface area contributed by atoms with Gasteiger partial charge >= 0.3 is 0 Å². The second-order valence-corrected chi connectivity index (χ2v) is 5.79. The summed E-state index contributed by atoms with van der Waals surface area (Å²) >= 11 is 1.47. The molecular formula is C15H17N3OS. The molecule has 1 aromatic heterocycles. The van der Waals surface area contributed by atoms with Crippen LogP contribution in [0.15, 0.2) is 35.7 Å². The van der Waals surface area contributed by atoms with Crippen molar-refractivity contribution in [3.05, 3.63) is 35.7 Å². The molecule has 0 spiro atoms. The summed E-state index contributed by atoms with van der Waals surface area (Å²) in [5, 5.41) is 5.53. The largest absolute Gasteiger partial charge is 0.301 e. The van der Waals surface area contributed by atoms with Crippen molar-refractivity contribution in [3.63, 3.8) is 0 Å². The maximum Gasteiger partial charge on any atom is 0.240 e. The zero-order chi connectivity index (χ0) is 13.8. The van der Waals surface area contributed by atoms with E-state index in [1.807, 2.05) is 35.7 Å². The predicted octanol–water partition coefficient (Wildman–Crippen LogP) is 2.84. The third-order valence-corrected chi connectivity index (χ3v) is 4.14. The van der Waals surface area contributed by atoms with Crippen LogP contribution in [0.4, 0.5) is 5.13 Å². The molecule has 20 heavy (non-hydrogen) atoms. The van der Waals surface area contributed by atoms with Crippen LogP contribution in [0, 0.1) is 0 Å². The average molecular weight is 287 g/mol. The Kier molecular flexibility index (Phi) is 4.08. The van der Waals surface area contributed by atoms with Crippen molar-refractivity contribution in [2.75, 3.05) is 25.0 Å². The van der Waals surface area contributed by atoms with Crippen LogP contribution in [0.1, 0.15) is 12.8 Å². The number of carbonyl (C=O) groups excluding carboxylic acids is 1. The Balaban J connectivity index is 1.61. The fourth-order valence-electron chi connectivity index (χ4n) is 2.38. The average Bonchev–Trinajstić information content (AvgIpc) is 3.11. The Morgan fingerprint density at radius 1 is 1.25 bits per heavy atom. The zero-order valence-corrected chi connectivity index (χ0v) is 12.0. The number of nitrogens with one attached hydrogen (secondary N) is 1. The number of anilines is 1. The number of amides is 1. The molecule has 4 nitrogen and oxygen atoms in total. The highest BCUT2D eigenvalue weighted by atomic mass is 32.1. The van der Waals surface area contributed by atoms with Crippen LogP contribution in [0.3, 0.4) is 0 Å². The molecule has 0 atom stereocenters. The summed E-state index contributed by atoms with van der Waals surface area (Å²) in [5.74, 6) is 0.0286. The highest BCUT2D eigenvalue weighted by molar-refractivity contribution is 7.14. The van der Waals surface area contributed by atoms with Gasteiger partial charge in [-0.05, 0) is 25.9 Å². The lowest BCUT2D eigenvalue weighted by Crippen LogP contribution is -2.30. The minimum Gasteiger partial charge on any atom is -0.301 e. The Morgan fingerprint density at radius 3 is 2.75 bits per heavy atom. The van der Waals surface area contributed by atoms with Crippen LogP contribution >= 0.6 is 11.3 Å². The molecule has 0 unspecified atom stereocenters. The maximum atomic E-state index is 11.9. The van der Waals surface area contributed by atoms with Crippen LogP contribution in [-0.2, 0) is 4.79 Å². The van der Waals surface area contributed by atoms with Crippen LogP contribution in [0.2, 0.25) is 0 Å². The lowest BCUT2D eigenvalue weighted by atomic mass is 10.2. The van der Waals surface area contributed by atoms with E-state index in [4.69, 9.17) is 0 Å². The van der Waals surface area contributed by atoms with Crippen molar-refractivity contribution in [1.82, 2.24) is 9.88 Å². The number of nitrogens with zero attached hydrogens (tertiary/aromatic N) is 2. The van der Waals surface area contributed by atoms with E-state index in [-0.39, 0.29) is 5.91 Å². The molecule has 0 bridgehead atoms. The molecule has 5 heteroatoms. The molecule has 1 saturated heterocycles. The van der Waals surface area contributed by atoms with E-state index < -0.39 is 0 Å². The molecule has 104 valence electrons. The summed E-state index contributed by atoms with van der Waals surface area (Å²) in [5.41, 5.74) is 1.98. The minimum atomic E-state index is 0.0286. The maximum absolute atomic E-state index is 11.9. The van der Waals surface area contributed by atoms with Crippen molar-refractivity contribution in [1.29, 1.82) is 0 Å². The summed E-state index contributed by atoms with van der Waals surface area (Å²) in [6.45, 7) is 2.53. The Morgan fingerprint density at radius 2 is 2.00 bits per heavy atom. The van der Waals surface area contributed by atoms with E-state index in [0.717, 1.165) is 24.3 Å². The van der Waals surface area contributed by atoms with Crippen molar-refractivity contribution in [2.45, 2.75) is 12.8 Å². The van der Waals surface area contributed by atoms with E-state index in [1.165, 1.54) is 24.2 Å². The van der Waals surface area contributed by atoms with Gasteiger partial charge in [-0.1, -0.05) is 30.3 Å². The highest BCUT2D eigenvalue weighted by Crippen LogP contribution is 2.24. The Hall–Kier alpha value is -1.72. The standard InChI is InChI=1S/C15H17N3OS/c19-14(10-18-8-4-5-9-18)17-15-16-13(11-20-15)12-6-2-1-3-7-12/h1-3,6-7,11H,4-5,8-10H2,(H,16,17,19). The predicted molar refractivity (Wildman–Crippen MR) is 81.9 cm³/mol. The highest BCUT2D eigenvalue weighted by Gasteiger charge is 2.16. The molecule has 2 aromatic rings. The van der Waals surface area contributed by atoms with Crippen molar-refractivity contribution < 1.29 is 4.79 Å². The topological polar surface area (TPSA) is 45.2 Å². The van der Waals surface area contributed by atoms with E-state index in [2.05, 4.69) is 15.2 Å². The number of hydrogen-bond donors (Lipinski definition) is 1. The fraction of sp³-hybridized carbons (Fsp3) is 0.333. The molecular weight excluding hydrogens is 270 g/mol. The zero-order valence-electron chi connectivity index (χ0n) is 11.2. The first-order valence-corrected chi connectivity index (χ1v) is 7.72. The van der Waals surface area contributed by atoms with Gasteiger partial charge < -0.3 is 5.32 Å². The first-order valence-electron chi connectivity index (χ1n) is 6.84. The second kappa shape index (κ2) is 6.15. The number of rotatable bonds is 4. The molecule has 0 saturated carbocycles. The molecule has 1 amide bonds. The van der Waals surface area contributed by atoms with Crippen molar-refractivity contribution in [3.8, 4) is 11.3 Å². The fourth-order valence-corrected chi connectivity index (χ4v) is 3.11. The quantitative estimate of drug-likeness (QED) is 0.940. The second-order valence-electron chi connectivity index (χ2n) is 4.94. The third-order valence-electron chi connectivity index (χ3n) is 3.39. The Bertz CT molecular complexity index is 576. The first-order chi connectivity index (χ1) is 9.81. The number of benzene rings is 1. The Labute approximate surface area is 122 Å². The van der Waals surface area contributed by atoms with Crippen LogP contribution < -0.4 is 5.32 Å². The molecule has 1 N–H and O–H groups in total. The molecule has 1 aliphatic heterocycles. The van der Waals surface area contributed by atoms with Gasteiger partial charge in [0.15, 0.2) is 5.13 Å². The molecule has 1 aromatic carbocycles. The van der Waals surface area contributed by atoms with E-state index in [1.54, 1.807) is 0 Å². The smallest absolute Gasteiger partial charge is 0.240 e. The van der Waals surface area contributed by atoms with Crippen LogP contribution in [-0.4, -0.2) is 35.4 Å². The molecule has 1 fully saturated rings. The summed E-state index contributed by atoms with van der Waals surface area (Å²) < 4.78 is 0. The summed E-state index contributed by atoms with van der Waals surface area (Å²) in [4.78, 5) is 18.6. The van der Waals surface area contributed by atoms with Crippen molar-refractivity contribution >= 4 is 22.4 Å². The van der Waals surface area contributed by atoms with E-state index in [0.29, 0.717) is 11.7 Å². The number of hydrogen-bond acceptors (Lipinski definition) is 4. The van der Waals surface area contributed by atoms with E-state index >= 15 is 0 Å².